The highest BCUT2D eigenvalue weighted by Crippen LogP contribution is 2.14. The first-order valence-electron chi connectivity index (χ1n) is 13.9. The summed E-state index contributed by atoms with van der Waals surface area (Å²) in [6, 6.07) is 20.5. The molecule has 1 N–H and O–H groups in total. The minimum atomic E-state index is 0.516. The van der Waals surface area contributed by atoms with Crippen molar-refractivity contribution in [2.75, 3.05) is 14.1 Å². The second-order valence-corrected chi connectivity index (χ2v) is 8.85. The topological polar surface area (TPSA) is 24.4 Å². The van der Waals surface area contributed by atoms with Crippen LogP contribution >= 0.6 is 0 Å². The van der Waals surface area contributed by atoms with Gasteiger partial charge in [0.15, 0.2) is 0 Å². The van der Waals surface area contributed by atoms with Gasteiger partial charge in [0.2, 0.25) is 0 Å². The first-order chi connectivity index (χ1) is 18.5. The predicted octanol–water partition coefficient (Wildman–Crippen LogP) is 11.1. The van der Waals surface area contributed by atoms with Crippen molar-refractivity contribution in [3.63, 3.8) is 0 Å². The van der Waals surface area contributed by atoms with E-state index in [4.69, 9.17) is 0 Å². The Morgan fingerprint density at radius 1 is 0.795 bits per heavy atom. The highest BCUT2D eigenvalue weighted by Gasteiger charge is 1.97. The summed E-state index contributed by atoms with van der Waals surface area (Å²) < 4.78 is 0. The molecule has 0 radical (unpaired) electrons. The number of allylic oxidation sites excluding steroid dienone is 7. The van der Waals surface area contributed by atoms with Crippen molar-refractivity contribution in [3.05, 3.63) is 132 Å². The lowest BCUT2D eigenvalue weighted by Gasteiger charge is -2.04. The van der Waals surface area contributed by atoms with E-state index in [1.165, 1.54) is 11.1 Å². The monoisotopic (exact) mass is 532 g/mol. The summed E-state index contributed by atoms with van der Waals surface area (Å²) in [6.45, 7) is 30.1. The van der Waals surface area contributed by atoms with E-state index in [0.29, 0.717) is 5.92 Å². The Kier molecular flexibility index (Phi) is 36.0. The van der Waals surface area contributed by atoms with Gasteiger partial charge >= 0.3 is 0 Å². The molecule has 0 unspecified atom stereocenters. The fourth-order valence-electron chi connectivity index (χ4n) is 2.17. The average Bonchev–Trinajstić information content (AvgIpc) is 2.93. The van der Waals surface area contributed by atoms with Gasteiger partial charge in [0.25, 0.3) is 0 Å². The molecule has 39 heavy (non-hydrogen) atoms. The molecule has 0 spiro atoms. The van der Waals surface area contributed by atoms with Crippen LogP contribution < -0.4 is 5.32 Å². The quantitative estimate of drug-likeness (QED) is 0.231. The van der Waals surface area contributed by atoms with E-state index < -0.39 is 0 Å². The zero-order valence-electron chi connectivity index (χ0n) is 27.6. The molecule has 0 aliphatic heterocycles. The number of aryl methyl sites for hydroxylation is 2. The first-order valence-corrected chi connectivity index (χ1v) is 13.9. The van der Waals surface area contributed by atoms with Crippen LogP contribution in [0.3, 0.4) is 0 Å². The minimum absolute atomic E-state index is 0.516. The van der Waals surface area contributed by atoms with Gasteiger partial charge in [0, 0.05) is 11.9 Å². The largest absolute Gasteiger partial charge is 0.323 e. The van der Waals surface area contributed by atoms with E-state index in [2.05, 4.69) is 81.5 Å². The van der Waals surface area contributed by atoms with Gasteiger partial charge in [-0.05, 0) is 85.2 Å². The zero-order chi connectivity index (χ0) is 31.1. The van der Waals surface area contributed by atoms with Crippen LogP contribution in [0.5, 0.6) is 0 Å². The van der Waals surface area contributed by atoms with Gasteiger partial charge in [-0.1, -0.05) is 137 Å². The Morgan fingerprint density at radius 3 is 1.36 bits per heavy atom. The molecule has 0 aromatic heterocycles. The van der Waals surface area contributed by atoms with E-state index in [0.717, 1.165) is 22.4 Å². The van der Waals surface area contributed by atoms with Crippen LogP contribution in [0.4, 0.5) is 0 Å². The maximum absolute atomic E-state index is 4.37. The summed E-state index contributed by atoms with van der Waals surface area (Å²) in [4.78, 5) is 4.37. The van der Waals surface area contributed by atoms with Crippen LogP contribution in [0, 0.1) is 19.8 Å². The molecule has 0 bridgehead atoms. The second kappa shape index (κ2) is 32.8. The standard InChI is InChI=1S/C15H23N.2C7H8.C4H8.C2H7N.C2H6/c1-8-15(9-11(2)3)13(6)10-16-14(7)12(4)5;2*1-7-5-3-2-4-6-7;1-3-4-2;1-3-2;1-2/h8-11H,1,4H2,2-3,5-7H3;2*2-6H,1H3;3-4H,1-2H3;3H,1-2H3;1-2H3/b13-10+,15-9+,16-14?;;;4-3-;;. The molecule has 0 amide bonds. The van der Waals surface area contributed by atoms with Crippen LogP contribution in [0.2, 0.25) is 0 Å². The predicted molar refractivity (Wildman–Crippen MR) is 184 cm³/mol. The Bertz CT molecular complexity index is 886. The highest BCUT2D eigenvalue weighted by atomic mass is 14.7. The number of hydrogen-bond acceptors (Lipinski definition) is 2. The molecule has 0 atom stereocenters. The summed E-state index contributed by atoms with van der Waals surface area (Å²) in [6.07, 6.45) is 9.93. The van der Waals surface area contributed by atoms with Gasteiger partial charge < -0.3 is 5.32 Å². The molecular weight excluding hydrogens is 472 g/mol. The minimum Gasteiger partial charge on any atom is -0.323 e. The van der Waals surface area contributed by atoms with Gasteiger partial charge in [0.05, 0.1) is 0 Å². The van der Waals surface area contributed by atoms with Crippen molar-refractivity contribution < 1.29 is 0 Å². The first kappa shape index (κ1) is 42.8. The fourth-order valence-corrected chi connectivity index (χ4v) is 2.17. The van der Waals surface area contributed by atoms with Gasteiger partial charge in [-0.3, -0.25) is 4.99 Å². The van der Waals surface area contributed by atoms with E-state index in [1.54, 1.807) is 0 Å². The Hall–Kier alpha value is -3.23. The van der Waals surface area contributed by atoms with Crippen molar-refractivity contribution in [2.45, 2.75) is 76.2 Å². The fraction of sp³-hybridized carbons (Fsp3) is 0.378. The molecule has 218 valence electrons. The molecule has 0 aliphatic carbocycles. The SMILES string of the molecule is C/C=C\C.C=CC(=C\C(C)C)/C(C)=C/N=C(C)C(=C)C.CC.CNC.Cc1ccccc1.Cc1ccccc1. The molecule has 2 aromatic carbocycles. The third-order valence-corrected chi connectivity index (χ3v) is 4.47. The number of aliphatic imine (C=N–C) groups is 1. The van der Waals surface area contributed by atoms with Crippen molar-refractivity contribution in [3.8, 4) is 0 Å². The van der Waals surface area contributed by atoms with Gasteiger partial charge in [-0.25, -0.2) is 0 Å². The average molecular weight is 533 g/mol. The van der Waals surface area contributed by atoms with Crippen molar-refractivity contribution in [1.82, 2.24) is 5.32 Å². The smallest absolute Gasteiger partial charge is 0.0395 e. The summed E-state index contributed by atoms with van der Waals surface area (Å²) >= 11 is 0. The molecule has 2 aromatic rings. The number of benzene rings is 2. The van der Waals surface area contributed by atoms with E-state index in [-0.39, 0.29) is 0 Å². The summed E-state index contributed by atoms with van der Waals surface area (Å²) in [5, 5.41) is 2.75. The molecule has 0 saturated heterocycles. The van der Waals surface area contributed by atoms with Crippen LogP contribution in [-0.4, -0.2) is 19.8 Å². The third-order valence-electron chi connectivity index (χ3n) is 4.47. The molecule has 2 heteroatoms. The lowest BCUT2D eigenvalue weighted by Crippen LogP contribution is -1.91. The molecule has 0 heterocycles. The van der Waals surface area contributed by atoms with Gasteiger partial charge in [0.1, 0.15) is 0 Å². The second-order valence-electron chi connectivity index (χ2n) is 8.85. The zero-order valence-corrected chi connectivity index (χ0v) is 27.6. The molecule has 0 aliphatic rings. The van der Waals surface area contributed by atoms with Gasteiger partial charge in [-0.15, -0.1) is 0 Å². The maximum Gasteiger partial charge on any atom is 0.0395 e. The Balaban J connectivity index is -0.000000220. The summed E-state index contributed by atoms with van der Waals surface area (Å²) in [5.74, 6) is 0.516. The molecule has 2 nitrogen and oxygen atoms in total. The number of nitrogens with one attached hydrogen (secondary N) is 1. The Morgan fingerprint density at radius 2 is 1.15 bits per heavy atom. The van der Waals surface area contributed by atoms with Crippen LogP contribution in [-0.2, 0) is 0 Å². The van der Waals surface area contributed by atoms with Crippen molar-refractivity contribution in [2.24, 2.45) is 10.9 Å². The van der Waals surface area contributed by atoms with Crippen LogP contribution in [0.1, 0.15) is 73.4 Å². The lowest BCUT2D eigenvalue weighted by atomic mass is 10.0. The number of hydrogen-bond donors (Lipinski definition) is 1. The molecule has 0 fully saturated rings. The maximum atomic E-state index is 4.37. The molecular formula is C37H60N2. The van der Waals surface area contributed by atoms with Crippen molar-refractivity contribution >= 4 is 5.71 Å². The normalized spacial score (nSPS) is 10.6. The number of nitrogens with zero attached hydrogens (tertiary/aromatic N) is 1. The summed E-state index contributed by atoms with van der Waals surface area (Å²) in [5.41, 5.74) is 6.88. The highest BCUT2D eigenvalue weighted by molar-refractivity contribution is 5.97. The lowest BCUT2D eigenvalue weighted by molar-refractivity contribution is 0.826. The van der Waals surface area contributed by atoms with Crippen LogP contribution in [0.15, 0.2) is 126 Å². The summed E-state index contributed by atoms with van der Waals surface area (Å²) in [7, 11) is 3.75. The van der Waals surface area contributed by atoms with E-state index in [1.807, 2.05) is 123 Å². The van der Waals surface area contributed by atoms with E-state index >= 15 is 0 Å². The molecule has 2 rings (SSSR count). The number of rotatable bonds is 5. The molecule has 0 saturated carbocycles. The van der Waals surface area contributed by atoms with Crippen molar-refractivity contribution in [1.29, 1.82) is 0 Å². The van der Waals surface area contributed by atoms with E-state index in [9.17, 15) is 0 Å². The van der Waals surface area contributed by atoms with Gasteiger partial charge in [-0.2, -0.15) is 0 Å². The third kappa shape index (κ3) is 34.8. The van der Waals surface area contributed by atoms with Crippen LogP contribution in [0.25, 0.3) is 0 Å². The Labute approximate surface area is 244 Å².